The van der Waals surface area contributed by atoms with Gasteiger partial charge in [-0.3, -0.25) is 10.2 Å². The van der Waals surface area contributed by atoms with Gasteiger partial charge in [0, 0.05) is 16.6 Å². The van der Waals surface area contributed by atoms with Gasteiger partial charge in [-0.1, -0.05) is 48.0 Å². The molecule has 7 nitrogen and oxygen atoms in total. The number of methoxy groups -OCH3 is 1. The standard InChI is InChI=1S/C26H23BrN4O3S/c1-17-8-10-20(11-9-17)29-24(32)15-34-25-21(27)12-18(13-23(25)33-2)14-28-31-26-30-22(16-35-26)19-6-4-3-5-7-19/h3-14,16H,15H2,1-2H3,(H,29,32)(H,30,31). The molecule has 35 heavy (non-hydrogen) atoms. The van der Waals surface area contributed by atoms with Crippen molar-refractivity contribution in [2.24, 2.45) is 5.10 Å². The van der Waals surface area contributed by atoms with Crippen LogP contribution in [-0.4, -0.2) is 30.8 Å². The maximum Gasteiger partial charge on any atom is 0.262 e. The number of ether oxygens (including phenoxy) is 2. The van der Waals surface area contributed by atoms with Crippen LogP contribution in [0.1, 0.15) is 11.1 Å². The molecule has 0 aliphatic rings. The lowest BCUT2D eigenvalue weighted by atomic mass is 10.2. The average Bonchev–Trinajstić information content (AvgIpc) is 3.34. The highest BCUT2D eigenvalue weighted by Gasteiger charge is 2.13. The van der Waals surface area contributed by atoms with E-state index in [-0.39, 0.29) is 12.5 Å². The fourth-order valence-corrected chi connectivity index (χ4v) is 4.40. The van der Waals surface area contributed by atoms with Crippen LogP contribution in [0.15, 0.2) is 81.7 Å². The minimum Gasteiger partial charge on any atom is -0.493 e. The van der Waals surface area contributed by atoms with E-state index in [1.807, 2.05) is 73.0 Å². The summed E-state index contributed by atoms with van der Waals surface area (Å²) in [7, 11) is 1.54. The maximum absolute atomic E-state index is 12.3. The Labute approximate surface area is 216 Å². The summed E-state index contributed by atoms with van der Waals surface area (Å²) >= 11 is 4.98. The summed E-state index contributed by atoms with van der Waals surface area (Å²) in [4.78, 5) is 16.8. The van der Waals surface area contributed by atoms with Crippen LogP contribution in [0.25, 0.3) is 11.3 Å². The molecule has 0 fully saturated rings. The quantitative estimate of drug-likeness (QED) is 0.187. The summed E-state index contributed by atoms with van der Waals surface area (Å²) in [5.74, 6) is 0.643. The molecule has 4 rings (SSSR count). The number of thiazole rings is 1. The molecule has 3 aromatic carbocycles. The Hall–Kier alpha value is -3.69. The third-order valence-electron chi connectivity index (χ3n) is 4.88. The number of halogens is 1. The Balaban J connectivity index is 1.37. The van der Waals surface area contributed by atoms with Gasteiger partial charge in [-0.15, -0.1) is 11.3 Å². The van der Waals surface area contributed by atoms with Gasteiger partial charge in [-0.2, -0.15) is 5.10 Å². The summed E-state index contributed by atoms with van der Waals surface area (Å²) in [5, 5.41) is 9.76. The molecule has 0 radical (unpaired) electrons. The van der Waals surface area contributed by atoms with Crippen LogP contribution in [0.5, 0.6) is 11.5 Å². The molecule has 0 aliphatic carbocycles. The predicted molar refractivity (Wildman–Crippen MR) is 145 cm³/mol. The van der Waals surface area contributed by atoms with Gasteiger partial charge >= 0.3 is 0 Å². The van der Waals surface area contributed by atoms with Crippen LogP contribution in [0.2, 0.25) is 0 Å². The Morgan fingerprint density at radius 1 is 1.14 bits per heavy atom. The number of hydrogen-bond donors (Lipinski definition) is 2. The van der Waals surface area contributed by atoms with Crippen molar-refractivity contribution in [3.8, 4) is 22.8 Å². The van der Waals surface area contributed by atoms with Crippen LogP contribution in [0, 0.1) is 6.92 Å². The van der Waals surface area contributed by atoms with Gasteiger partial charge in [0.15, 0.2) is 18.1 Å². The van der Waals surface area contributed by atoms with E-state index in [0.29, 0.717) is 26.8 Å². The lowest BCUT2D eigenvalue weighted by Crippen LogP contribution is -2.20. The lowest BCUT2D eigenvalue weighted by Gasteiger charge is -2.13. The van der Waals surface area contributed by atoms with E-state index in [4.69, 9.17) is 9.47 Å². The zero-order valence-corrected chi connectivity index (χ0v) is 21.5. The molecule has 0 bridgehead atoms. The van der Waals surface area contributed by atoms with Crippen molar-refractivity contribution in [2.75, 3.05) is 24.5 Å². The van der Waals surface area contributed by atoms with Gasteiger partial charge in [-0.25, -0.2) is 4.98 Å². The van der Waals surface area contributed by atoms with E-state index < -0.39 is 0 Å². The molecular weight excluding hydrogens is 528 g/mol. The van der Waals surface area contributed by atoms with Crippen LogP contribution in [0.4, 0.5) is 10.8 Å². The second-order valence-electron chi connectivity index (χ2n) is 7.51. The van der Waals surface area contributed by atoms with E-state index in [0.717, 1.165) is 22.4 Å². The van der Waals surface area contributed by atoms with Gasteiger partial charge in [0.2, 0.25) is 5.13 Å². The van der Waals surface area contributed by atoms with Crippen LogP contribution >= 0.6 is 27.3 Å². The second-order valence-corrected chi connectivity index (χ2v) is 9.22. The molecule has 1 aromatic heterocycles. The molecule has 0 spiro atoms. The van der Waals surface area contributed by atoms with Crippen molar-refractivity contribution in [3.63, 3.8) is 0 Å². The number of benzene rings is 3. The minimum absolute atomic E-state index is 0.161. The molecule has 9 heteroatoms. The number of nitrogens with zero attached hydrogens (tertiary/aromatic N) is 2. The number of amides is 1. The molecule has 4 aromatic rings. The zero-order valence-electron chi connectivity index (χ0n) is 19.1. The molecule has 0 unspecified atom stereocenters. The number of anilines is 2. The summed E-state index contributed by atoms with van der Waals surface area (Å²) in [6.45, 7) is 1.83. The third kappa shape index (κ3) is 6.68. The molecule has 178 valence electrons. The third-order valence-corrected chi connectivity index (χ3v) is 6.22. The fraction of sp³-hybridized carbons (Fsp3) is 0.115. The molecule has 1 heterocycles. The number of hydrogen-bond acceptors (Lipinski definition) is 7. The summed E-state index contributed by atoms with van der Waals surface area (Å²) < 4.78 is 11.8. The first-order chi connectivity index (χ1) is 17.0. The largest absolute Gasteiger partial charge is 0.493 e. The SMILES string of the molecule is COc1cc(C=NNc2nc(-c3ccccc3)cs2)cc(Br)c1OCC(=O)Nc1ccc(C)cc1. The number of hydrazone groups is 1. The molecule has 1 amide bonds. The Morgan fingerprint density at radius 3 is 2.66 bits per heavy atom. The molecular formula is C26H23BrN4O3S. The first kappa shape index (κ1) is 24.4. The maximum atomic E-state index is 12.3. The predicted octanol–water partition coefficient (Wildman–Crippen LogP) is 6.35. The lowest BCUT2D eigenvalue weighted by molar-refractivity contribution is -0.118. The highest BCUT2D eigenvalue weighted by Crippen LogP contribution is 2.36. The van der Waals surface area contributed by atoms with Crippen LogP contribution in [-0.2, 0) is 4.79 Å². The Morgan fingerprint density at radius 2 is 1.91 bits per heavy atom. The van der Waals surface area contributed by atoms with Crippen molar-refractivity contribution in [2.45, 2.75) is 6.92 Å². The van der Waals surface area contributed by atoms with E-state index in [1.165, 1.54) is 11.3 Å². The average molecular weight is 551 g/mol. The first-order valence-electron chi connectivity index (χ1n) is 10.7. The van der Waals surface area contributed by atoms with E-state index in [1.54, 1.807) is 19.4 Å². The molecule has 0 aliphatic heterocycles. The van der Waals surface area contributed by atoms with Crippen molar-refractivity contribution in [1.82, 2.24) is 4.98 Å². The minimum atomic E-state index is -0.268. The number of carbonyl (C=O) groups is 1. The van der Waals surface area contributed by atoms with Gasteiger partial charge in [0.25, 0.3) is 5.91 Å². The van der Waals surface area contributed by atoms with E-state index in [9.17, 15) is 4.79 Å². The Kier molecular flexibility index (Phi) is 8.12. The first-order valence-corrected chi connectivity index (χ1v) is 12.4. The Bertz CT molecular complexity index is 1320. The smallest absolute Gasteiger partial charge is 0.262 e. The number of rotatable bonds is 9. The van der Waals surface area contributed by atoms with Gasteiger partial charge in [-0.05, 0) is 52.7 Å². The van der Waals surface area contributed by atoms with Gasteiger partial charge in [0.1, 0.15) is 0 Å². The molecule has 2 N–H and O–H groups in total. The highest BCUT2D eigenvalue weighted by atomic mass is 79.9. The number of aromatic nitrogens is 1. The topological polar surface area (TPSA) is 84.8 Å². The summed E-state index contributed by atoms with van der Waals surface area (Å²) in [5.41, 5.74) is 7.52. The van der Waals surface area contributed by atoms with Crippen LogP contribution in [0.3, 0.4) is 0 Å². The van der Waals surface area contributed by atoms with Crippen molar-refractivity contribution < 1.29 is 14.3 Å². The van der Waals surface area contributed by atoms with Crippen molar-refractivity contribution in [3.05, 3.63) is 87.7 Å². The number of aryl methyl sites for hydroxylation is 1. The van der Waals surface area contributed by atoms with Crippen LogP contribution < -0.4 is 20.2 Å². The zero-order chi connectivity index (χ0) is 24.6. The second kappa shape index (κ2) is 11.6. The van der Waals surface area contributed by atoms with Crippen molar-refractivity contribution in [1.29, 1.82) is 0 Å². The monoisotopic (exact) mass is 550 g/mol. The van der Waals surface area contributed by atoms with Gasteiger partial charge < -0.3 is 14.8 Å². The van der Waals surface area contributed by atoms with Gasteiger partial charge in [0.05, 0.1) is 23.5 Å². The summed E-state index contributed by atoms with van der Waals surface area (Å²) in [6.07, 6.45) is 1.66. The molecule has 0 saturated carbocycles. The normalized spacial score (nSPS) is 10.8. The molecule has 0 saturated heterocycles. The number of carbonyl (C=O) groups excluding carboxylic acids is 1. The summed E-state index contributed by atoms with van der Waals surface area (Å²) in [6, 6.07) is 21.1. The highest BCUT2D eigenvalue weighted by molar-refractivity contribution is 9.10. The molecule has 0 atom stereocenters. The van der Waals surface area contributed by atoms with E-state index in [2.05, 4.69) is 36.8 Å². The number of nitrogens with one attached hydrogen (secondary N) is 2. The van der Waals surface area contributed by atoms with E-state index >= 15 is 0 Å². The van der Waals surface area contributed by atoms with Crippen molar-refractivity contribution >= 4 is 50.2 Å². The fourth-order valence-electron chi connectivity index (χ4n) is 3.15.